The molecular formula is C18H28O3. The summed E-state index contributed by atoms with van der Waals surface area (Å²) in [6.45, 7) is 2.50. The van der Waals surface area contributed by atoms with Crippen LogP contribution in [0.15, 0.2) is 24.3 Å². The molecule has 118 valence electrons. The van der Waals surface area contributed by atoms with Gasteiger partial charge in [-0.25, -0.2) is 0 Å². The molecule has 0 aliphatic heterocycles. The lowest BCUT2D eigenvalue weighted by Crippen LogP contribution is -2.02. The van der Waals surface area contributed by atoms with Crippen LogP contribution in [0.25, 0.3) is 0 Å². The van der Waals surface area contributed by atoms with Crippen molar-refractivity contribution in [3.63, 3.8) is 0 Å². The first kappa shape index (κ1) is 17.7. The minimum absolute atomic E-state index is 0.00105. The van der Waals surface area contributed by atoms with Crippen LogP contribution >= 0.6 is 0 Å². The Labute approximate surface area is 128 Å². The number of carbonyl (C=O) groups excluding carboxylic acids is 1. The first-order chi connectivity index (χ1) is 10.3. The van der Waals surface area contributed by atoms with E-state index in [0.717, 1.165) is 18.4 Å². The maximum Gasteiger partial charge on any atom is 0.162 e. The van der Waals surface area contributed by atoms with Gasteiger partial charge in [0, 0.05) is 12.0 Å². The van der Waals surface area contributed by atoms with E-state index >= 15 is 0 Å². The van der Waals surface area contributed by atoms with Gasteiger partial charge in [-0.15, -0.1) is 0 Å². The predicted molar refractivity (Wildman–Crippen MR) is 86.0 cm³/mol. The molecule has 0 atom stereocenters. The molecule has 0 bridgehead atoms. The van der Waals surface area contributed by atoms with E-state index in [4.69, 9.17) is 9.84 Å². The molecule has 0 amide bonds. The maximum absolute atomic E-state index is 12.0. The van der Waals surface area contributed by atoms with Crippen molar-refractivity contribution in [1.29, 1.82) is 0 Å². The highest BCUT2D eigenvalue weighted by molar-refractivity contribution is 5.96. The molecule has 0 aliphatic carbocycles. The standard InChI is InChI=1S/C18H28O3/c1-2-3-4-5-6-7-8-9-18(20)16-10-12-17(13-11-16)21-15-14-19/h10-13,19H,2-9,14-15H2,1H3. The molecule has 1 aromatic rings. The normalized spacial score (nSPS) is 10.6. The third-order valence-corrected chi connectivity index (χ3v) is 3.54. The molecule has 1 N–H and O–H groups in total. The molecule has 0 aliphatic rings. The first-order valence-corrected chi connectivity index (χ1v) is 8.15. The molecule has 0 saturated carbocycles. The highest BCUT2D eigenvalue weighted by Crippen LogP contribution is 2.15. The van der Waals surface area contributed by atoms with Crippen molar-refractivity contribution in [3.8, 4) is 5.75 Å². The fourth-order valence-corrected chi connectivity index (χ4v) is 2.29. The lowest BCUT2D eigenvalue weighted by atomic mass is 10.0. The van der Waals surface area contributed by atoms with E-state index in [1.54, 1.807) is 24.3 Å². The Hall–Kier alpha value is -1.35. The summed E-state index contributed by atoms with van der Waals surface area (Å²) >= 11 is 0. The molecule has 0 saturated heterocycles. The Balaban J connectivity index is 2.19. The summed E-state index contributed by atoms with van der Waals surface area (Å²) in [7, 11) is 0. The number of hydrogen-bond donors (Lipinski definition) is 1. The van der Waals surface area contributed by atoms with Crippen molar-refractivity contribution in [2.45, 2.75) is 58.3 Å². The zero-order valence-corrected chi connectivity index (χ0v) is 13.1. The van der Waals surface area contributed by atoms with Gasteiger partial charge in [0.05, 0.1) is 6.61 Å². The number of unbranched alkanes of at least 4 members (excludes halogenated alkanes) is 6. The van der Waals surface area contributed by atoms with Crippen molar-refractivity contribution in [1.82, 2.24) is 0 Å². The van der Waals surface area contributed by atoms with E-state index in [1.165, 1.54) is 32.1 Å². The van der Waals surface area contributed by atoms with Crippen LogP contribution in [0.5, 0.6) is 5.75 Å². The molecule has 0 aromatic heterocycles. The van der Waals surface area contributed by atoms with E-state index in [0.29, 0.717) is 12.2 Å². The number of aliphatic hydroxyl groups is 1. The molecule has 3 heteroatoms. The second-order valence-electron chi connectivity index (χ2n) is 5.39. The van der Waals surface area contributed by atoms with Gasteiger partial charge in [-0.3, -0.25) is 4.79 Å². The van der Waals surface area contributed by atoms with Crippen molar-refractivity contribution >= 4 is 5.78 Å². The third kappa shape index (κ3) is 7.86. The third-order valence-electron chi connectivity index (χ3n) is 3.54. The SMILES string of the molecule is CCCCCCCCCC(=O)c1ccc(OCCO)cc1. The Bertz CT molecular complexity index is 384. The van der Waals surface area contributed by atoms with E-state index < -0.39 is 0 Å². The molecule has 0 fully saturated rings. The van der Waals surface area contributed by atoms with Gasteiger partial charge in [0.25, 0.3) is 0 Å². The minimum Gasteiger partial charge on any atom is -0.491 e. The van der Waals surface area contributed by atoms with Crippen LogP contribution in [0.3, 0.4) is 0 Å². The summed E-state index contributed by atoms with van der Waals surface area (Å²) in [5, 5.41) is 8.68. The molecule has 0 unspecified atom stereocenters. The topological polar surface area (TPSA) is 46.5 Å². The Morgan fingerprint density at radius 1 is 1.00 bits per heavy atom. The van der Waals surface area contributed by atoms with E-state index in [2.05, 4.69) is 6.92 Å². The lowest BCUT2D eigenvalue weighted by Gasteiger charge is -2.05. The predicted octanol–water partition coefficient (Wildman–Crippen LogP) is 4.38. The van der Waals surface area contributed by atoms with E-state index in [1.807, 2.05) is 0 Å². The minimum atomic E-state index is -0.00105. The van der Waals surface area contributed by atoms with Crippen LogP contribution in [0.4, 0.5) is 0 Å². The Kier molecular flexibility index (Phi) is 9.55. The molecule has 1 aromatic carbocycles. The average Bonchev–Trinajstić information content (AvgIpc) is 2.52. The molecular weight excluding hydrogens is 264 g/mol. The summed E-state index contributed by atoms with van der Waals surface area (Å²) in [6, 6.07) is 7.17. The number of ether oxygens (including phenoxy) is 1. The molecule has 3 nitrogen and oxygen atoms in total. The Morgan fingerprint density at radius 3 is 2.24 bits per heavy atom. The summed E-state index contributed by atoms with van der Waals surface area (Å²) < 4.78 is 5.27. The number of Topliss-reactive ketones (excluding diaryl/α,β-unsaturated/α-hetero) is 1. The summed E-state index contributed by atoms with van der Waals surface area (Å²) in [4.78, 5) is 12.0. The second kappa shape index (κ2) is 11.3. The van der Waals surface area contributed by atoms with Gasteiger partial charge in [0.1, 0.15) is 12.4 Å². The number of aliphatic hydroxyl groups excluding tert-OH is 1. The van der Waals surface area contributed by atoms with E-state index in [-0.39, 0.29) is 19.0 Å². The highest BCUT2D eigenvalue weighted by atomic mass is 16.5. The largest absolute Gasteiger partial charge is 0.491 e. The van der Waals surface area contributed by atoms with Crippen LogP contribution < -0.4 is 4.74 Å². The van der Waals surface area contributed by atoms with Gasteiger partial charge < -0.3 is 9.84 Å². The zero-order valence-electron chi connectivity index (χ0n) is 13.1. The number of hydrogen-bond acceptors (Lipinski definition) is 3. The molecule has 0 heterocycles. The van der Waals surface area contributed by atoms with Crippen molar-refractivity contribution in [2.24, 2.45) is 0 Å². The summed E-state index contributed by atoms with van der Waals surface area (Å²) in [5.41, 5.74) is 0.748. The Morgan fingerprint density at radius 2 is 1.62 bits per heavy atom. The maximum atomic E-state index is 12.0. The zero-order chi connectivity index (χ0) is 15.3. The summed E-state index contributed by atoms with van der Waals surface area (Å²) in [5.74, 6) is 0.897. The van der Waals surface area contributed by atoms with Gasteiger partial charge in [0.2, 0.25) is 0 Å². The average molecular weight is 292 g/mol. The monoisotopic (exact) mass is 292 g/mol. The summed E-state index contributed by atoms with van der Waals surface area (Å²) in [6.07, 6.45) is 9.20. The van der Waals surface area contributed by atoms with Crippen LogP contribution in [0.2, 0.25) is 0 Å². The molecule has 0 radical (unpaired) electrons. The quantitative estimate of drug-likeness (QED) is 0.459. The van der Waals surface area contributed by atoms with Crippen LogP contribution in [-0.4, -0.2) is 24.1 Å². The number of rotatable bonds is 12. The van der Waals surface area contributed by atoms with Gasteiger partial charge >= 0.3 is 0 Å². The first-order valence-electron chi connectivity index (χ1n) is 8.15. The fraction of sp³-hybridized carbons (Fsp3) is 0.611. The second-order valence-corrected chi connectivity index (χ2v) is 5.39. The fourth-order valence-electron chi connectivity index (χ4n) is 2.29. The number of ketones is 1. The van der Waals surface area contributed by atoms with Crippen molar-refractivity contribution < 1.29 is 14.6 Å². The van der Waals surface area contributed by atoms with Crippen molar-refractivity contribution in [3.05, 3.63) is 29.8 Å². The number of carbonyl (C=O) groups is 1. The molecule has 21 heavy (non-hydrogen) atoms. The van der Waals surface area contributed by atoms with Crippen molar-refractivity contribution in [2.75, 3.05) is 13.2 Å². The number of benzene rings is 1. The van der Waals surface area contributed by atoms with Gasteiger partial charge in [0.15, 0.2) is 5.78 Å². The molecule has 0 spiro atoms. The lowest BCUT2D eigenvalue weighted by molar-refractivity contribution is 0.0979. The smallest absolute Gasteiger partial charge is 0.162 e. The van der Waals surface area contributed by atoms with Crippen LogP contribution in [0.1, 0.15) is 68.6 Å². The van der Waals surface area contributed by atoms with Gasteiger partial charge in [-0.1, -0.05) is 45.4 Å². The van der Waals surface area contributed by atoms with Crippen LogP contribution in [-0.2, 0) is 0 Å². The highest BCUT2D eigenvalue weighted by Gasteiger charge is 2.05. The van der Waals surface area contributed by atoms with Gasteiger partial charge in [-0.05, 0) is 30.7 Å². The van der Waals surface area contributed by atoms with Crippen LogP contribution in [0, 0.1) is 0 Å². The molecule has 1 rings (SSSR count). The van der Waals surface area contributed by atoms with E-state index in [9.17, 15) is 4.79 Å². The van der Waals surface area contributed by atoms with Gasteiger partial charge in [-0.2, -0.15) is 0 Å².